The molecule has 0 N–H and O–H groups in total. The summed E-state index contributed by atoms with van der Waals surface area (Å²) < 4.78 is 25.9. The number of pyridine rings is 1. The average molecular weight is 359 g/mol. The second kappa shape index (κ2) is 6.64. The average Bonchev–Trinajstić information content (AvgIpc) is 3.09. The van der Waals surface area contributed by atoms with Crippen LogP contribution < -0.4 is 0 Å². The standard InChI is InChI=1S/C16H17N5O3S/c1-2-20-10-13(9-19-20)15-11-25(23,24)6-5-21(15)16(22)12-3-4-18-14(7-12)8-17/h3-4,7,9-10,15H,2,5-6,11H2,1H3. The van der Waals surface area contributed by atoms with Crippen molar-refractivity contribution < 1.29 is 13.2 Å². The van der Waals surface area contributed by atoms with E-state index in [4.69, 9.17) is 5.26 Å². The van der Waals surface area contributed by atoms with Gasteiger partial charge in [-0.05, 0) is 19.1 Å². The van der Waals surface area contributed by atoms with Gasteiger partial charge in [0.25, 0.3) is 5.91 Å². The van der Waals surface area contributed by atoms with Gasteiger partial charge in [-0.15, -0.1) is 0 Å². The van der Waals surface area contributed by atoms with Gasteiger partial charge in [0, 0.05) is 36.6 Å². The summed E-state index contributed by atoms with van der Waals surface area (Å²) in [7, 11) is -3.23. The van der Waals surface area contributed by atoms with Crippen molar-refractivity contribution in [3.8, 4) is 6.07 Å². The molecule has 1 aliphatic rings. The zero-order chi connectivity index (χ0) is 18.0. The van der Waals surface area contributed by atoms with Gasteiger partial charge >= 0.3 is 0 Å². The normalized spacial score (nSPS) is 19.4. The van der Waals surface area contributed by atoms with E-state index in [1.54, 1.807) is 17.1 Å². The number of aromatic nitrogens is 3. The van der Waals surface area contributed by atoms with Crippen LogP contribution in [0, 0.1) is 11.3 Å². The highest BCUT2D eigenvalue weighted by Gasteiger charge is 2.36. The molecule has 0 saturated carbocycles. The molecule has 3 heterocycles. The number of amides is 1. The Morgan fingerprint density at radius 1 is 1.48 bits per heavy atom. The number of sulfone groups is 1. The summed E-state index contributed by atoms with van der Waals surface area (Å²) >= 11 is 0. The van der Waals surface area contributed by atoms with Crippen LogP contribution in [-0.4, -0.2) is 52.0 Å². The molecule has 8 nitrogen and oxygen atoms in total. The van der Waals surface area contributed by atoms with Crippen molar-refractivity contribution in [1.82, 2.24) is 19.7 Å². The maximum Gasteiger partial charge on any atom is 0.254 e. The second-order valence-electron chi connectivity index (χ2n) is 5.80. The Labute approximate surface area is 145 Å². The maximum absolute atomic E-state index is 12.9. The molecule has 130 valence electrons. The Hall–Kier alpha value is -2.73. The number of hydrogen-bond donors (Lipinski definition) is 0. The van der Waals surface area contributed by atoms with Gasteiger partial charge in [-0.1, -0.05) is 0 Å². The summed E-state index contributed by atoms with van der Waals surface area (Å²) in [5.74, 6) is -0.527. The van der Waals surface area contributed by atoms with Gasteiger partial charge in [0.05, 0.1) is 23.7 Å². The Kier molecular flexibility index (Phi) is 4.55. The molecule has 1 saturated heterocycles. The lowest BCUT2D eigenvalue weighted by molar-refractivity contribution is 0.0697. The van der Waals surface area contributed by atoms with Gasteiger partial charge in [0.1, 0.15) is 11.8 Å². The summed E-state index contributed by atoms with van der Waals surface area (Å²) in [6.07, 6.45) is 4.76. The van der Waals surface area contributed by atoms with E-state index in [0.717, 1.165) is 0 Å². The first kappa shape index (κ1) is 17.1. The van der Waals surface area contributed by atoms with E-state index in [0.29, 0.717) is 17.7 Å². The molecule has 2 aromatic rings. The number of hydrogen-bond acceptors (Lipinski definition) is 6. The van der Waals surface area contributed by atoms with Crippen molar-refractivity contribution in [2.45, 2.75) is 19.5 Å². The van der Waals surface area contributed by atoms with Crippen molar-refractivity contribution in [3.05, 3.63) is 47.5 Å². The van der Waals surface area contributed by atoms with E-state index in [1.165, 1.54) is 23.2 Å². The van der Waals surface area contributed by atoms with Crippen LogP contribution in [0.4, 0.5) is 0 Å². The molecule has 1 atom stereocenters. The Morgan fingerprint density at radius 3 is 2.96 bits per heavy atom. The zero-order valence-electron chi connectivity index (χ0n) is 13.7. The molecule has 2 aromatic heterocycles. The Morgan fingerprint density at radius 2 is 2.28 bits per heavy atom. The van der Waals surface area contributed by atoms with E-state index in [2.05, 4.69) is 10.1 Å². The fourth-order valence-corrected chi connectivity index (χ4v) is 4.34. The van der Waals surface area contributed by atoms with Crippen molar-refractivity contribution in [2.75, 3.05) is 18.1 Å². The van der Waals surface area contributed by atoms with E-state index < -0.39 is 15.9 Å². The smallest absolute Gasteiger partial charge is 0.254 e. The van der Waals surface area contributed by atoms with Crippen LogP contribution in [0.2, 0.25) is 0 Å². The lowest BCUT2D eigenvalue weighted by atomic mass is 10.1. The van der Waals surface area contributed by atoms with Crippen molar-refractivity contribution >= 4 is 15.7 Å². The molecule has 0 radical (unpaired) electrons. The highest BCUT2D eigenvalue weighted by Crippen LogP contribution is 2.28. The van der Waals surface area contributed by atoms with Crippen LogP contribution in [0.3, 0.4) is 0 Å². The highest BCUT2D eigenvalue weighted by atomic mass is 32.2. The van der Waals surface area contributed by atoms with Crippen LogP contribution in [0.1, 0.15) is 34.6 Å². The van der Waals surface area contributed by atoms with Crippen LogP contribution >= 0.6 is 0 Å². The van der Waals surface area contributed by atoms with E-state index >= 15 is 0 Å². The SMILES string of the molecule is CCn1cc(C2CS(=O)(=O)CCN2C(=O)c2ccnc(C#N)c2)cn1. The third kappa shape index (κ3) is 3.53. The predicted octanol–water partition coefficient (Wildman–Crippen LogP) is 0.782. The third-order valence-corrected chi connectivity index (χ3v) is 5.80. The molecule has 0 bridgehead atoms. The first-order valence-electron chi connectivity index (χ1n) is 7.83. The van der Waals surface area contributed by atoms with Gasteiger partial charge in [-0.3, -0.25) is 9.48 Å². The first-order chi connectivity index (χ1) is 11.9. The van der Waals surface area contributed by atoms with E-state index in [-0.39, 0.29) is 29.7 Å². The summed E-state index contributed by atoms with van der Waals surface area (Å²) in [5.41, 5.74) is 1.15. The molecule has 0 spiro atoms. The molecule has 0 aliphatic carbocycles. The largest absolute Gasteiger partial charge is 0.329 e. The second-order valence-corrected chi connectivity index (χ2v) is 8.03. The molecule has 0 aromatic carbocycles. The Bertz CT molecular complexity index is 945. The summed E-state index contributed by atoms with van der Waals surface area (Å²) in [6, 6.07) is 4.25. The summed E-state index contributed by atoms with van der Waals surface area (Å²) in [5, 5.41) is 13.1. The third-order valence-electron chi connectivity index (χ3n) is 4.18. The topological polar surface area (TPSA) is 109 Å². The number of nitriles is 1. The number of carbonyl (C=O) groups is 1. The minimum absolute atomic E-state index is 0.0760. The van der Waals surface area contributed by atoms with Gasteiger partial charge in [0.15, 0.2) is 9.84 Å². The van der Waals surface area contributed by atoms with E-state index in [9.17, 15) is 13.2 Å². The predicted molar refractivity (Wildman–Crippen MR) is 89.3 cm³/mol. The first-order valence-corrected chi connectivity index (χ1v) is 9.65. The molecule has 1 fully saturated rings. The summed E-state index contributed by atoms with van der Waals surface area (Å²) in [6.45, 7) is 2.69. The van der Waals surface area contributed by atoms with Crippen LogP contribution in [-0.2, 0) is 16.4 Å². The molecule has 25 heavy (non-hydrogen) atoms. The Balaban J connectivity index is 1.96. The fourth-order valence-electron chi connectivity index (χ4n) is 2.84. The minimum Gasteiger partial charge on any atom is -0.329 e. The maximum atomic E-state index is 12.9. The van der Waals surface area contributed by atoms with Gasteiger partial charge in [-0.2, -0.15) is 10.4 Å². The number of nitrogens with zero attached hydrogens (tertiary/aromatic N) is 5. The van der Waals surface area contributed by atoms with Crippen molar-refractivity contribution in [3.63, 3.8) is 0 Å². The monoisotopic (exact) mass is 359 g/mol. The van der Waals surface area contributed by atoms with Gasteiger partial charge < -0.3 is 4.90 Å². The summed E-state index contributed by atoms with van der Waals surface area (Å²) in [4.78, 5) is 18.3. The van der Waals surface area contributed by atoms with Crippen LogP contribution in [0.5, 0.6) is 0 Å². The van der Waals surface area contributed by atoms with Gasteiger partial charge in [0.2, 0.25) is 0 Å². The van der Waals surface area contributed by atoms with Crippen LogP contribution in [0.15, 0.2) is 30.7 Å². The van der Waals surface area contributed by atoms with Crippen molar-refractivity contribution in [2.24, 2.45) is 0 Å². The molecule has 1 amide bonds. The molecule has 3 rings (SSSR count). The lowest BCUT2D eigenvalue weighted by Crippen LogP contribution is -2.46. The highest BCUT2D eigenvalue weighted by molar-refractivity contribution is 7.91. The quantitative estimate of drug-likeness (QED) is 0.801. The fraction of sp³-hybridized carbons (Fsp3) is 0.375. The molecular formula is C16H17N5O3S. The lowest BCUT2D eigenvalue weighted by Gasteiger charge is -2.35. The zero-order valence-corrected chi connectivity index (χ0v) is 14.5. The number of aryl methyl sites for hydroxylation is 1. The molecular weight excluding hydrogens is 342 g/mol. The van der Waals surface area contributed by atoms with E-state index in [1.807, 2.05) is 13.0 Å². The van der Waals surface area contributed by atoms with Crippen molar-refractivity contribution in [1.29, 1.82) is 5.26 Å². The molecule has 1 unspecified atom stereocenters. The minimum atomic E-state index is -3.23. The molecule has 1 aliphatic heterocycles. The van der Waals surface area contributed by atoms with Gasteiger partial charge in [-0.25, -0.2) is 13.4 Å². The number of rotatable bonds is 3. The molecule has 9 heteroatoms. The van der Waals surface area contributed by atoms with Crippen LogP contribution in [0.25, 0.3) is 0 Å². The number of carbonyl (C=O) groups excluding carboxylic acids is 1.